The van der Waals surface area contributed by atoms with Crippen LogP contribution in [0.3, 0.4) is 0 Å². The van der Waals surface area contributed by atoms with E-state index in [4.69, 9.17) is 4.74 Å². The quantitative estimate of drug-likeness (QED) is 0.862. The molecule has 96 valence electrons. The van der Waals surface area contributed by atoms with Gasteiger partial charge in [-0.1, -0.05) is 30.3 Å². The molecule has 0 bridgehead atoms. The molecule has 2 saturated heterocycles. The van der Waals surface area contributed by atoms with Crippen LogP contribution in [-0.2, 0) is 11.3 Å². The van der Waals surface area contributed by atoms with E-state index in [1.165, 1.54) is 5.56 Å². The van der Waals surface area contributed by atoms with Crippen LogP contribution in [0.25, 0.3) is 0 Å². The maximum Gasteiger partial charge on any atom is 0.407 e. The molecule has 4 heteroatoms. The van der Waals surface area contributed by atoms with Crippen molar-refractivity contribution in [2.75, 3.05) is 19.7 Å². The molecule has 18 heavy (non-hydrogen) atoms. The zero-order valence-electron chi connectivity index (χ0n) is 10.3. The Hall–Kier alpha value is -1.55. The Balaban J connectivity index is 1.61. The number of piperidine rings is 1. The lowest BCUT2D eigenvalue weighted by molar-refractivity contribution is 0.0378. The van der Waals surface area contributed by atoms with Crippen LogP contribution in [0.15, 0.2) is 30.3 Å². The molecule has 2 aliphatic rings. The van der Waals surface area contributed by atoms with Gasteiger partial charge in [0.2, 0.25) is 0 Å². The maximum absolute atomic E-state index is 11.2. The number of carbonyl (C=O) groups is 1. The maximum atomic E-state index is 11.2. The van der Waals surface area contributed by atoms with Crippen molar-refractivity contribution in [1.82, 2.24) is 10.2 Å². The average Bonchev–Trinajstić information content (AvgIpc) is 2.39. The zero-order chi connectivity index (χ0) is 12.4. The van der Waals surface area contributed by atoms with Gasteiger partial charge in [-0.15, -0.1) is 0 Å². The van der Waals surface area contributed by atoms with Gasteiger partial charge in [0.15, 0.2) is 0 Å². The van der Waals surface area contributed by atoms with E-state index in [-0.39, 0.29) is 12.1 Å². The number of hydrogen-bond acceptors (Lipinski definition) is 3. The highest BCUT2D eigenvalue weighted by Crippen LogP contribution is 2.22. The minimum Gasteiger partial charge on any atom is -0.449 e. The molecule has 2 atom stereocenters. The van der Waals surface area contributed by atoms with Crippen molar-refractivity contribution in [2.24, 2.45) is 5.92 Å². The number of nitrogens with zero attached hydrogens (tertiary/aromatic N) is 1. The van der Waals surface area contributed by atoms with Gasteiger partial charge in [0.25, 0.3) is 0 Å². The second kappa shape index (κ2) is 4.98. The van der Waals surface area contributed by atoms with Crippen LogP contribution in [0.5, 0.6) is 0 Å². The van der Waals surface area contributed by atoms with E-state index in [2.05, 4.69) is 34.5 Å². The molecule has 0 radical (unpaired) electrons. The van der Waals surface area contributed by atoms with Crippen LogP contribution in [0.4, 0.5) is 4.79 Å². The van der Waals surface area contributed by atoms with Crippen LogP contribution in [0.1, 0.15) is 12.0 Å². The molecule has 0 saturated carbocycles. The number of nitrogens with one attached hydrogen (secondary N) is 1. The number of alkyl carbamates (subject to hydrolysis) is 1. The summed E-state index contributed by atoms with van der Waals surface area (Å²) in [5.74, 6) is 0.481. The molecular formula is C14H18N2O2. The molecule has 0 unspecified atom stereocenters. The number of rotatable bonds is 2. The summed E-state index contributed by atoms with van der Waals surface area (Å²) in [6.07, 6.45) is 0.829. The van der Waals surface area contributed by atoms with Crippen molar-refractivity contribution in [3.63, 3.8) is 0 Å². The second-order valence-corrected chi connectivity index (χ2v) is 5.12. The number of carbonyl (C=O) groups excluding carboxylic acids is 1. The number of benzene rings is 1. The van der Waals surface area contributed by atoms with E-state index in [1.807, 2.05) is 6.07 Å². The third-order valence-electron chi connectivity index (χ3n) is 3.82. The largest absolute Gasteiger partial charge is 0.449 e. The van der Waals surface area contributed by atoms with Gasteiger partial charge >= 0.3 is 6.09 Å². The molecule has 4 nitrogen and oxygen atoms in total. The molecule has 1 aromatic rings. The van der Waals surface area contributed by atoms with E-state index in [0.29, 0.717) is 12.5 Å². The van der Waals surface area contributed by atoms with Crippen LogP contribution in [0, 0.1) is 5.92 Å². The Morgan fingerprint density at radius 2 is 2.17 bits per heavy atom. The lowest BCUT2D eigenvalue weighted by Gasteiger charge is -2.40. The summed E-state index contributed by atoms with van der Waals surface area (Å²) in [4.78, 5) is 13.6. The smallest absolute Gasteiger partial charge is 0.407 e. The van der Waals surface area contributed by atoms with E-state index in [1.54, 1.807) is 0 Å². The van der Waals surface area contributed by atoms with Gasteiger partial charge in [0.05, 0.1) is 12.6 Å². The van der Waals surface area contributed by atoms with Gasteiger partial charge in [-0.2, -0.15) is 0 Å². The van der Waals surface area contributed by atoms with Crippen LogP contribution < -0.4 is 5.32 Å². The fourth-order valence-corrected chi connectivity index (χ4v) is 2.79. The van der Waals surface area contributed by atoms with E-state index in [0.717, 1.165) is 26.1 Å². The summed E-state index contributed by atoms with van der Waals surface area (Å²) in [6, 6.07) is 10.7. The summed E-state index contributed by atoms with van der Waals surface area (Å²) in [5, 5.41) is 2.93. The lowest BCUT2D eigenvalue weighted by atomic mass is 9.91. The van der Waals surface area contributed by atoms with E-state index in [9.17, 15) is 4.79 Å². The van der Waals surface area contributed by atoms with Crippen LogP contribution in [-0.4, -0.2) is 36.7 Å². The molecule has 0 aromatic heterocycles. The first kappa shape index (κ1) is 11.5. The third kappa shape index (κ3) is 2.48. The topological polar surface area (TPSA) is 41.6 Å². The fraction of sp³-hybridized carbons (Fsp3) is 0.500. The van der Waals surface area contributed by atoms with Crippen LogP contribution in [0.2, 0.25) is 0 Å². The van der Waals surface area contributed by atoms with Crippen molar-refractivity contribution < 1.29 is 9.53 Å². The Morgan fingerprint density at radius 1 is 1.33 bits per heavy atom. The molecule has 1 amide bonds. The molecular weight excluding hydrogens is 228 g/mol. The highest BCUT2D eigenvalue weighted by atomic mass is 16.6. The lowest BCUT2D eigenvalue weighted by Crippen LogP contribution is -2.57. The normalized spacial score (nSPS) is 28.1. The monoisotopic (exact) mass is 246 g/mol. The predicted octanol–water partition coefficient (Wildman–Crippen LogP) is 1.62. The highest BCUT2D eigenvalue weighted by molar-refractivity contribution is 5.68. The van der Waals surface area contributed by atoms with Gasteiger partial charge in [0.1, 0.15) is 0 Å². The Labute approximate surface area is 107 Å². The first-order valence-corrected chi connectivity index (χ1v) is 6.51. The van der Waals surface area contributed by atoms with E-state index >= 15 is 0 Å². The predicted molar refractivity (Wildman–Crippen MR) is 68.1 cm³/mol. The number of amides is 1. The number of likely N-dealkylation sites (tertiary alicyclic amines) is 1. The molecule has 0 spiro atoms. The number of hydrogen-bond donors (Lipinski definition) is 1. The van der Waals surface area contributed by atoms with Gasteiger partial charge in [-0.25, -0.2) is 4.79 Å². The second-order valence-electron chi connectivity index (χ2n) is 5.12. The summed E-state index contributed by atoms with van der Waals surface area (Å²) in [6.45, 7) is 3.54. The number of ether oxygens (including phenoxy) is 1. The van der Waals surface area contributed by atoms with Gasteiger partial charge in [-0.05, 0) is 18.5 Å². The first-order chi connectivity index (χ1) is 8.81. The summed E-state index contributed by atoms with van der Waals surface area (Å²) in [5.41, 5.74) is 1.33. The Morgan fingerprint density at radius 3 is 3.00 bits per heavy atom. The van der Waals surface area contributed by atoms with Gasteiger partial charge in [-0.3, -0.25) is 4.90 Å². The minimum atomic E-state index is -0.266. The molecule has 2 fully saturated rings. The average molecular weight is 246 g/mol. The minimum absolute atomic E-state index is 0.253. The van der Waals surface area contributed by atoms with Crippen molar-refractivity contribution >= 4 is 6.09 Å². The summed E-state index contributed by atoms with van der Waals surface area (Å²) < 4.78 is 5.03. The van der Waals surface area contributed by atoms with E-state index < -0.39 is 0 Å². The van der Waals surface area contributed by atoms with Crippen molar-refractivity contribution in [1.29, 1.82) is 0 Å². The number of cyclic esters (lactones) is 1. The summed E-state index contributed by atoms with van der Waals surface area (Å²) in [7, 11) is 0. The molecule has 1 N–H and O–H groups in total. The molecule has 0 aliphatic carbocycles. The molecule has 2 heterocycles. The Kier molecular flexibility index (Phi) is 3.19. The van der Waals surface area contributed by atoms with Crippen LogP contribution >= 0.6 is 0 Å². The third-order valence-corrected chi connectivity index (χ3v) is 3.82. The zero-order valence-corrected chi connectivity index (χ0v) is 10.3. The standard InChI is InChI=1S/C14H18N2O2/c17-14-15-13-9-16(7-6-12(13)10-18-14)8-11-4-2-1-3-5-11/h1-5,12-13H,6-10H2,(H,15,17)/t12-,13+/m0/s1. The summed E-state index contributed by atoms with van der Waals surface area (Å²) >= 11 is 0. The van der Waals surface area contributed by atoms with Gasteiger partial charge < -0.3 is 10.1 Å². The first-order valence-electron chi connectivity index (χ1n) is 6.51. The van der Waals surface area contributed by atoms with Crippen molar-refractivity contribution in [2.45, 2.75) is 19.0 Å². The Bertz CT molecular complexity index is 421. The highest BCUT2D eigenvalue weighted by Gasteiger charge is 2.34. The molecule has 1 aromatic carbocycles. The van der Waals surface area contributed by atoms with Crippen molar-refractivity contribution in [3.05, 3.63) is 35.9 Å². The fourth-order valence-electron chi connectivity index (χ4n) is 2.79. The molecule has 3 rings (SSSR count). The SMILES string of the molecule is O=C1N[C@@H]2CN(Cc3ccccc3)CC[C@H]2CO1. The molecule has 2 aliphatic heterocycles. The number of fused-ring (bicyclic) bond motifs is 1. The van der Waals surface area contributed by atoms with Gasteiger partial charge in [0, 0.05) is 19.0 Å². The van der Waals surface area contributed by atoms with Crippen molar-refractivity contribution in [3.8, 4) is 0 Å².